The van der Waals surface area contributed by atoms with Gasteiger partial charge in [0, 0.05) is 118 Å². The molecular weight excluding hydrogens is 1740 g/mol. The molecule has 0 bridgehead atoms. The average Bonchev–Trinajstić information content (AvgIpc) is 1.53. The number of hydrogen-bond donors (Lipinski definition) is 0. The topological polar surface area (TPSA) is 257 Å². The Bertz CT molecular complexity index is 5430. The Morgan fingerprint density at radius 1 is 0.391 bits per heavy atom. The van der Waals surface area contributed by atoms with Crippen LogP contribution in [0.3, 0.4) is 0 Å². The fourth-order valence-electron chi connectivity index (χ4n) is 33.8. The van der Waals surface area contributed by atoms with Crippen LogP contribution in [0.15, 0.2) is 152 Å². The van der Waals surface area contributed by atoms with Crippen molar-refractivity contribution in [3.8, 4) is 0 Å². The number of epoxide rings is 1. The van der Waals surface area contributed by atoms with Gasteiger partial charge in [-0.2, -0.15) is 6.42 Å². The van der Waals surface area contributed by atoms with Crippen LogP contribution in [0.5, 0.6) is 0 Å². The number of Topliss-reactive ketones (excluding diaryl/α,β-unsaturated/α-hetero) is 1. The van der Waals surface area contributed by atoms with Crippen LogP contribution in [0, 0.1) is 126 Å². The zero-order chi connectivity index (χ0) is 96.3. The minimum atomic E-state index is -0.784. The first-order valence-electron chi connectivity index (χ1n) is 52.7. The first-order valence-corrected chi connectivity index (χ1v) is 52.7. The smallest absolute Gasteiger partial charge is 0.501 e. The molecule has 19 nitrogen and oxygen atoms in total. The summed E-state index contributed by atoms with van der Waals surface area (Å²) in [7, 11) is 3.58. The van der Waals surface area contributed by atoms with E-state index in [4.69, 9.17) is 33.2 Å². The molecule has 0 aromatic heterocycles. The average molecular weight is 1900 g/mol. The molecule has 0 amide bonds. The number of hydrogen-bond acceptors (Lipinski definition) is 19. The van der Waals surface area contributed by atoms with Crippen molar-refractivity contribution in [3.05, 3.63) is 159 Å². The number of carbonyl (C=O) groups is 10. The maximum Gasteiger partial charge on any atom is 1.00 e. The molecule has 20 aliphatic carbocycles. The monoisotopic (exact) mass is 1900 g/mol. The first-order chi connectivity index (χ1) is 64.7. The molecule has 11 fully saturated rings. The Morgan fingerprint density at radius 2 is 0.797 bits per heavy atom. The normalized spacial score (nSPS) is 43.1. The molecule has 4 aliphatic heterocycles. The molecule has 138 heavy (non-hydrogen) atoms. The van der Waals surface area contributed by atoms with Crippen LogP contribution < -0.4 is 29.6 Å². The molecular formula is C118H155NaO19. The SMILES string of the molecule is C.CC12CCC(=O)C=C1C=CC1C2=CCC2(C)C1CC[C@@]21CCC(=O)O1.CC12CCC(=O)C=C1CCC1C2=CCC2(C)C1CC[C@@]21CCC(=O)O1.CCOC(=O)C1C[C@@]2(CCC3C4CCC5=CC(=O)CCC5(C)C4=CCC32C)OC1=O.CCOC(=O)[CH-]C(=O)OCC.COC1=CC2=CCC3C(=CCC4(C)C(=O)CCC34)C2(C)CC1.COC1=CC2=CCC3C(=CCC4(C)C3CC[C@@]43CO3)C2(C)CC1.[Na+]. The molecule has 0 radical (unpaired) electrons. The molecule has 0 aromatic carbocycles. The van der Waals surface area contributed by atoms with Crippen LogP contribution in [-0.4, -0.2) is 122 Å². The Kier molecular flexibility index (Phi) is 27.6. The maximum atomic E-state index is 12.6. The summed E-state index contributed by atoms with van der Waals surface area (Å²) in [6.07, 6.45) is 67.9. The van der Waals surface area contributed by atoms with Crippen molar-refractivity contribution in [3.63, 3.8) is 0 Å². The molecule has 4 heterocycles. The Morgan fingerprint density at radius 3 is 1.28 bits per heavy atom. The summed E-state index contributed by atoms with van der Waals surface area (Å²) in [6.45, 7) is 30.5. The van der Waals surface area contributed by atoms with E-state index >= 15 is 0 Å². The van der Waals surface area contributed by atoms with Crippen LogP contribution in [0.4, 0.5) is 0 Å². The van der Waals surface area contributed by atoms with Crippen LogP contribution >= 0.6 is 0 Å². The van der Waals surface area contributed by atoms with Crippen LogP contribution in [0.25, 0.3) is 0 Å². The quantitative estimate of drug-likeness (QED) is 0.0416. The third kappa shape index (κ3) is 16.1. The summed E-state index contributed by atoms with van der Waals surface area (Å²) in [4.78, 5) is 118. The number of esters is 6. The van der Waals surface area contributed by atoms with Crippen molar-refractivity contribution in [1.82, 2.24) is 0 Å². The first kappa shape index (κ1) is 102. The second-order valence-electron chi connectivity index (χ2n) is 47.7. The summed E-state index contributed by atoms with van der Waals surface area (Å²) >= 11 is 0. The molecule has 742 valence electrons. The molecule has 4 saturated heterocycles. The zero-order valence-electron chi connectivity index (χ0n) is 85.1. The van der Waals surface area contributed by atoms with E-state index in [1.165, 1.54) is 77.5 Å². The Labute approximate surface area is 842 Å². The van der Waals surface area contributed by atoms with Gasteiger partial charge in [-0.15, -0.1) is 0 Å². The number of fused-ring (bicyclic) bond motifs is 29. The van der Waals surface area contributed by atoms with E-state index in [1.54, 1.807) is 51.7 Å². The minimum absolute atomic E-state index is 0. The van der Waals surface area contributed by atoms with Gasteiger partial charge in [0.05, 0.1) is 57.8 Å². The fourth-order valence-corrected chi connectivity index (χ4v) is 33.8. The predicted molar refractivity (Wildman–Crippen MR) is 522 cm³/mol. The van der Waals surface area contributed by atoms with E-state index in [0.29, 0.717) is 103 Å². The van der Waals surface area contributed by atoms with E-state index in [1.807, 2.05) is 18.2 Å². The van der Waals surface area contributed by atoms with Gasteiger partial charge in [0.2, 0.25) is 0 Å². The largest absolute Gasteiger partial charge is 1.00 e. The second kappa shape index (κ2) is 37.3. The van der Waals surface area contributed by atoms with Gasteiger partial charge in [0.1, 0.15) is 22.6 Å². The second-order valence-corrected chi connectivity index (χ2v) is 47.7. The van der Waals surface area contributed by atoms with Gasteiger partial charge in [0.15, 0.2) is 35.2 Å². The summed E-state index contributed by atoms with van der Waals surface area (Å²) in [5.41, 5.74) is 14.8. The van der Waals surface area contributed by atoms with Crippen molar-refractivity contribution in [1.29, 1.82) is 0 Å². The van der Waals surface area contributed by atoms with Gasteiger partial charge in [-0.3, -0.25) is 47.9 Å². The minimum Gasteiger partial charge on any atom is -0.501 e. The molecule has 7 saturated carbocycles. The number of carbonyl (C=O) groups excluding carboxylic acids is 10. The van der Waals surface area contributed by atoms with E-state index in [0.717, 1.165) is 190 Å². The maximum absolute atomic E-state index is 12.6. The Balaban J connectivity index is 0.000000116. The number of ketones is 4. The molecule has 21 unspecified atom stereocenters. The summed E-state index contributed by atoms with van der Waals surface area (Å²) in [5, 5.41) is 0. The van der Waals surface area contributed by atoms with Gasteiger partial charge in [-0.1, -0.05) is 170 Å². The Hall–Kier alpha value is -7.45. The van der Waals surface area contributed by atoms with Crippen molar-refractivity contribution in [2.24, 2.45) is 119 Å². The third-order valence-corrected chi connectivity index (χ3v) is 42.3. The molecule has 25 atom stereocenters. The number of ether oxygens (including phenoxy) is 9. The fraction of sp³-hybridized carbons (Fsp3) is 0.686. The van der Waals surface area contributed by atoms with Crippen LogP contribution in [0.1, 0.15) is 329 Å². The van der Waals surface area contributed by atoms with Gasteiger partial charge in [-0.25, -0.2) is 0 Å². The summed E-state index contributed by atoms with van der Waals surface area (Å²) < 4.78 is 49.1. The summed E-state index contributed by atoms with van der Waals surface area (Å²) in [6, 6.07) is 0. The third-order valence-electron chi connectivity index (χ3n) is 42.3. The number of rotatable bonds is 8. The van der Waals surface area contributed by atoms with Gasteiger partial charge in [0.25, 0.3) is 0 Å². The van der Waals surface area contributed by atoms with Crippen molar-refractivity contribution in [2.75, 3.05) is 40.6 Å². The van der Waals surface area contributed by atoms with E-state index in [9.17, 15) is 47.9 Å². The zero-order valence-corrected chi connectivity index (χ0v) is 87.1. The van der Waals surface area contributed by atoms with E-state index < -0.39 is 35.4 Å². The number of allylic oxidation sites excluding steroid dienone is 26. The summed E-state index contributed by atoms with van der Waals surface area (Å²) in [5.74, 6) is 6.42. The van der Waals surface area contributed by atoms with Gasteiger partial charge < -0.3 is 42.6 Å². The number of methoxy groups -OCH3 is 2. The van der Waals surface area contributed by atoms with Crippen molar-refractivity contribution >= 4 is 58.9 Å². The van der Waals surface area contributed by atoms with Crippen molar-refractivity contribution in [2.45, 2.75) is 351 Å². The van der Waals surface area contributed by atoms with Crippen molar-refractivity contribution < 1.29 is 120 Å². The van der Waals surface area contributed by atoms with Crippen LogP contribution in [-0.2, 0) is 90.6 Å². The predicted octanol–water partition coefficient (Wildman–Crippen LogP) is 20.4. The molecule has 0 N–H and O–H groups in total. The molecule has 24 aliphatic rings. The standard InChI is InChI=1S/C25H32O5.C22H28O3.C22H26O3.C21H28O2.C20H26O2.C7H11O4.CH4.Na/c1-4-29-21(27)18-14-25(30-22(18)28)12-9-20-17-6-5-15-13-16(26)7-10-23(15,2)19(17)8-11-24(20,25)3;2*1-20-9-5-15(23)13-14(20)3-4-16-17(20)6-10-21(2)18(16)7-11-22(21)12-8-19(24)25-22;1-19-9-6-15(22-3)12-14(19)4-5-16-17(19)7-10-20(2)18(16)8-11-21(20)13-23-21;1-19-10-8-14(22-3)12-13(19)4-5-15-16-6-7-18(21)20(16,2)11-9-17(15)19;1-3-10-6(8)5-7(9)11-4-2;;/h8,13,17-18,20H,4-7,9-12,14H2,1-3H3;6,13,16,18H,3-5,7-12H2,1-2H3;3-4,6,13,16,18H,5,7-12H2,1-2H3;4,7,12,16,18H,5-6,8-11,13H2,1-3H3;4,9,12,15-16H,5-8,10-11H2,1-3H3;5H,3-4H2,1-2H3;1H4;/q;;;;;-1;;+1/t17?,18?,20?,23?,24?,25-;2*16?,18?,20?,21?,22-;16?,18?,19?,20?,21-;;;;/m1111..../s1. The van der Waals surface area contributed by atoms with Crippen LogP contribution in [0.2, 0.25) is 0 Å². The van der Waals surface area contributed by atoms with Gasteiger partial charge >= 0.3 is 53.4 Å². The molecule has 20 heteroatoms. The molecule has 24 rings (SSSR count). The molecule has 4 spiro atoms. The van der Waals surface area contributed by atoms with E-state index in [-0.39, 0.29) is 146 Å². The molecule has 0 aromatic rings. The van der Waals surface area contributed by atoms with Gasteiger partial charge in [-0.05, 0) is 294 Å². The van der Waals surface area contributed by atoms with E-state index in [2.05, 4.69) is 146 Å².